The predicted molar refractivity (Wildman–Crippen MR) is 85.2 cm³/mol. The Hall–Kier alpha value is -0.610. The molecule has 0 aromatic carbocycles. The molecule has 19 heavy (non-hydrogen) atoms. The number of rotatable bonds is 5. The second kappa shape index (κ2) is 10.2. The molecule has 108 valence electrons. The van der Waals surface area contributed by atoms with Crippen molar-refractivity contribution < 1.29 is 0 Å². The number of aromatic nitrogens is 1. The highest BCUT2D eigenvalue weighted by Crippen LogP contribution is 2.13. The van der Waals surface area contributed by atoms with Crippen LogP contribution >= 0.6 is 24.8 Å². The molecule has 1 unspecified atom stereocenters. The molecule has 2 rings (SSSR count). The van der Waals surface area contributed by atoms with E-state index < -0.39 is 0 Å². The van der Waals surface area contributed by atoms with Crippen LogP contribution in [0.25, 0.3) is 0 Å². The predicted octanol–water partition coefficient (Wildman–Crippen LogP) is 2.67. The third-order valence-corrected chi connectivity index (χ3v) is 3.24. The van der Waals surface area contributed by atoms with E-state index in [0.29, 0.717) is 6.04 Å². The van der Waals surface area contributed by atoms with Gasteiger partial charge in [-0.25, -0.2) is 0 Å². The molecular weight excluding hydrogens is 281 g/mol. The van der Waals surface area contributed by atoms with Crippen molar-refractivity contribution >= 4 is 24.8 Å². The minimum Gasteiger partial charge on any atom is -0.315 e. The summed E-state index contributed by atoms with van der Waals surface area (Å²) in [4.78, 5) is 6.86. The lowest BCUT2D eigenvalue weighted by molar-refractivity contribution is 0.173. The highest BCUT2D eigenvalue weighted by atomic mass is 35.5. The number of pyridine rings is 1. The fourth-order valence-corrected chi connectivity index (χ4v) is 2.35. The van der Waals surface area contributed by atoms with Gasteiger partial charge >= 0.3 is 0 Å². The van der Waals surface area contributed by atoms with Gasteiger partial charge in [0, 0.05) is 31.9 Å². The van der Waals surface area contributed by atoms with Gasteiger partial charge in [0.1, 0.15) is 0 Å². The molecule has 0 saturated carbocycles. The van der Waals surface area contributed by atoms with Gasteiger partial charge in [-0.05, 0) is 31.5 Å². The van der Waals surface area contributed by atoms with Crippen LogP contribution in [0.1, 0.15) is 18.5 Å². The first-order valence-corrected chi connectivity index (χ1v) is 6.35. The Labute approximate surface area is 128 Å². The average molecular weight is 304 g/mol. The molecule has 1 saturated heterocycles. The molecule has 0 aliphatic carbocycles. The first kappa shape index (κ1) is 18.4. The van der Waals surface area contributed by atoms with Crippen LogP contribution < -0.4 is 5.32 Å². The van der Waals surface area contributed by atoms with Crippen molar-refractivity contribution in [2.45, 2.75) is 25.4 Å². The van der Waals surface area contributed by atoms with Crippen molar-refractivity contribution in [1.29, 1.82) is 0 Å². The minimum atomic E-state index is 0. The first-order chi connectivity index (χ1) is 8.40. The lowest BCUT2D eigenvalue weighted by Gasteiger charge is -2.33. The van der Waals surface area contributed by atoms with E-state index in [-0.39, 0.29) is 24.8 Å². The van der Waals surface area contributed by atoms with E-state index in [9.17, 15) is 0 Å². The fraction of sp³-hybridized carbons (Fsp3) is 0.500. The van der Waals surface area contributed by atoms with Gasteiger partial charge in [-0.3, -0.25) is 9.88 Å². The zero-order valence-electron chi connectivity index (χ0n) is 11.1. The zero-order chi connectivity index (χ0) is 11.9. The Bertz CT molecular complexity index is 340. The lowest BCUT2D eigenvalue weighted by atomic mass is 10.1. The molecular formula is C14H23Cl2N3. The van der Waals surface area contributed by atoms with Gasteiger partial charge in [-0.2, -0.15) is 0 Å². The Morgan fingerprint density at radius 2 is 2.26 bits per heavy atom. The SMILES string of the molecule is C=CCN(Cc1ccccn1)C1CCCNC1.Cl.Cl. The van der Waals surface area contributed by atoms with Crippen LogP contribution in [0.2, 0.25) is 0 Å². The van der Waals surface area contributed by atoms with E-state index in [1.807, 2.05) is 24.4 Å². The van der Waals surface area contributed by atoms with Gasteiger partial charge < -0.3 is 5.32 Å². The number of halogens is 2. The van der Waals surface area contributed by atoms with Crippen molar-refractivity contribution in [3.05, 3.63) is 42.7 Å². The van der Waals surface area contributed by atoms with Gasteiger partial charge in [0.25, 0.3) is 0 Å². The molecule has 1 aliphatic heterocycles. The summed E-state index contributed by atoms with van der Waals surface area (Å²) in [7, 11) is 0. The third-order valence-electron chi connectivity index (χ3n) is 3.24. The van der Waals surface area contributed by atoms with Crippen LogP contribution in [0.15, 0.2) is 37.1 Å². The first-order valence-electron chi connectivity index (χ1n) is 6.35. The summed E-state index contributed by atoms with van der Waals surface area (Å²) in [5.41, 5.74) is 1.14. The van der Waals surface area contributed by atoms with Crippen molar-refractivity contribution in [3.63, 3.8) is 0 Å². The summed E-state index contributed by atoms with van der Waals surface area (Å²) in [6, 6.07) is 6.72. The van der Waals surface area contributed by atoms with Crippen molar-refractivity contribution in [1.82, 2.24) is 15.2 Å². The summed E-state index contributed by atoms with van der Waals surface area (Å²) in [6.45, 7) is 7.94. The Morgan fingerprint density at radius 3 is 2.84 bits per heavy atom. The highest BCUT2D eigenvalue weighted by Gasteiger charge is 2.20. The number of piperidine rings is 1. The van der Waals surface area contributed by atoms with Gasteiger partial charge in [0.15, 0.2) is 0 Å². The van der Waals surface area contributed by atoms with Gasteiger partial charge in [0.05, 0.1) is 5.69 Å². The van der Waals surface area contributed by atoms with Gasteiger partial charge in [0.2, 0.25) is 0 Å². The van der Waals surface area contributed by atoms with Gasteiger partial charge in [-0.15, -0.1) is 31.4 Å². The third kappa shape index (κ3) is 5.91. The van der Waals surface area contributed by atoms with E-state index in [2.05, 4.69) is 27.8 Å². The molecule has 0 radical (unpaired) electrons. The highest BCUT2D eigenvalue weighted by molar-refractivity contribution is 5.85. The van der Waals surface area contributed by atoms with E-state index in [1.165, 1.54) is 12.8 Å². The second-order valence-corrected chi connectivity index (χ2v) is 4.54. The molecule has 2 heterocycles. The van der Waals surface area contributed by atoms with Crippen molar-refractivity contribution in [2.75, 3.05) is 19.6 Å². The molecule has 0 bridgehead atoms. The zero-order valence-corrected chi connectivity index (χ0v) is 12.8. The molecule has 1 N–H and O–H groups in total. The Balaban J connectivity index is 0.00000162. The number of hydrogen-bond acceptors (Lipinski definition) is 3. The maximum absolute atomic E-state index is 4.40. The van der Waals surface area contributed by atoms with Crippen LogP contribution in [-0.4, -0.2) is 35.6 Å². The molecule has 1 aromatic heterocycles. The smallest absolute Gasteiger partial charge is 0.0544 e. The van der Waals surface area contributed by atoms with Gasteiger partial charge in [-0.1, -0.05) is 12.1 Å². The summed E-state index contributed by atoms with van der Waals surface area (Å²) in [5.74, 6) is 0. The molecule has 1 aliphatic rings. The van der Waals surface area contributed by atoms with E-state index in [0.717, 1.165) is 31.9 Å². The summed E-state index contributed by atoms with van der Waals surface area (Å²) >= 11 is 0. The summed E-state index contributed by atoms with van der Waals surface area (Å²) < 4.78 is 0. The van der Waals surface area contributed by atoms with Crippen LogP contribution in [0, 0.1) is 0 Å². The van der Waals surface area contributed by atoms with E-state index >= 15 is 0 Å². The number of nitrogens with zero attached hydrogens (tertiary/aromatic N) is 2. The Morgan fingerprint density at radius 1 is 1.42 bits per heavy atom. The lowest BCUT2D eigenvalue weighted by Crippen LogP contribution is -2.45. The molecule has 0 spiro atoms. The maximum Gasteiger partial charge on any atom is 0.0544 e. The fourth-order valence-electron chi connectivity index (χ4n) is 2.35. The Kier molecular flexibility index (Phi) is 9.88. The molecule has 5 heteroatoms. The van der Waals surface area contributed by atoms with Crippen molar-refractivity contribution in [3.8, 4) is 0 Å². The monoisotopic (exact) mass is 303 g/mol. The van der Waals surface area contributed by atoms with Crippen LogP contribution in [0.3, 0.4) is 0 Å². The van der Waals surface area contributed by atoms with Crippen LogP contribution in [0.5, 0.6) is 0 Å². The molecule has 1 fully saturated rings. The number of hydrogen-bond donors (Lipinski definition) is 1. The molecule has 3 nitrogen and oxygen atoms in total. The average Bonchev–Trinajstić information content (AvgIpc) is 2.40. The van der Waals surface area contributed by atoms with E-state index in [4.69, 9.17) is 0 Å². The van der Waals surface area contributed by atoms with Crippen LogP contribution in [0.4, 0.5) is 0 Å². The quantitative estimate of drug-likeness (QED) is 0.848. The second-order valence-electron chi connectivity index (χ2n) is 4.54. The van der Waals surface area contributed by atoms with Crippen molar-refractivity contribution in [2.24, 2.45) is 0 Å². The summed E-state index contributed by atoms with van der Waals surface area (Å²) in [5, 5.41) is 3.46. The molecule has 0 amide bonds. The maximum atomic E-state index is 4.40. The minimum absolute atomic E-state index is 0. The standard InChI is InChI=1S/C14H21N3.2ClH/c1-2-10-17(14-7-5-8-15-11-14)12-13-6-3-4-9-16-13;;/h2-4,6,9,14-15H,1,5,7-8,10-12H2;2*1H. The van der Waals surface area contributed by atoms with Crippen LogP contribution in [-0.2, 0) is 6.54 Å². The largest absolute Gasteiger partial charge is 0.315 e. The topological polar surface area (TPSA) is 28.2 Å². The molecule has 1 aromatic rings. The summed E-state index contributed by atoms with van der Waals surface area (Å²) in [6.07, 6.45) is 6.38. The normalized spacial score (nSPS) is 18.3. The molecule has 1 atom stereocenters. The van der Waals surface area contributed by atoms with E-state index in [1.54, 1.807) is 0 Å². The number of nitrogens with one attached hydrogen (secondary N) is 1.